The summed E-state index contributed by atoms with van der Waals surface area (Å²) < 4.78 is 5.12. The Morgan fingerprint density at radius 3 is 2.88 bits per heavy atom. The Balaban J connectivity index is 2.44. The number of ether oxygens (including phenoxy) is 1. The van der Waals surface area contributed by atoms with E-state index >= 15 is 0 Å². The molecule has 1 heterocycles. The van der Waals surface area contributed by atoms with Gasteiger partial charge in [-0.25, -0.2) is 0 Å². The Morgan fingerprint density at radius 1 is 1.88 bits per heavy atom. The van der Waals surface area contributed by atoms with Crippen molar-refractivity contribution in [3.05, 3.63) is 12.0 Å². The van der Waals surface area contributed by atoms with Gasteiger partial charge in [-0.15, -0.1) is 0 Å². The van der Waals surface area contributed by atoms with Crippen LogP contribution in [-0.4, -0.2) is 11.2 Å². The normalized spacial score (nSPS) is 33.1. The standard InChI is InChI=1S/C6H10O2/c1-5-2-3-6(4-7)8-5/h4-5,7H,2-3H2,1H3/b6-4+. The molecule has 0 aromatic carbocycles. The lowest BCUT2D eigenvalue weighted by atomic mass is 10.2. The molecule has 1 aliphatic heterocycles. The van der Waals surface area contributed by atoms with Gasteiger partial charge in [-0.3, -0.25) is 0 Å². The smallest absolute Gasteiger partial charge is 0.131 e. The van der Waals surface area contributed by atoms with Gasteiger partial charge in [0.15, 0.2) is 0 Å². The minimum absolute atomic E-state index is 0.299. The van der Waals surface area contributed by atoms with Crippen molar-refractivity contribution in [3.8, 4) is 0 Å². The lowest BCUT2D eigenvalue weighted by Gasteiger charge is -1.99. The number of rotatable bonds is 0. The average molecular weight is 114 g/mol. The predicted octanol–water partition coefficient (Wildman–Crippen LogP) is 1.58. The highest BCUT2D eigenvalue weighted by Gasteiger charge is 2.14. The van der Waals surface area contributed by atoms with E-state index in [9.17, 15) is 0 Å². The molecular formula is C6H10O2. The maximum absolute atomic E-state index is 8.40. The summed E-state index contributed by atoms with van der Waals surface area (Å²) in [4.78, 5) is 0. The first-order valence-corrected chi connectivity index (χ1v) is 2.83. The van der Waals surface area contributed by atoms with Gasteiger partial charge in [0.05, 0.1) is 6.10 Å². The Labute approximate surface area is 48.8 Å². The van der Waals surface area contributed by atoms with E-state index in [1.165, 1.54) is 0 Å². The Hall–Kier alpha value is -0.660. The second-order valence-electron chi connectivity index (χ2n) is 2.06. The first kappa shape index (κ1) is 5.48. The van der Waals surface area contributed by atoms with Gasteiger partial charge in [0, 0.05) is 6.42 Å². The van der Waals surface area contributed by atoms with Crippen LogP contribution in [0.5, 0.6) is 0 Å². The van der Waals surface area contributed by atoms with Crippen molar-refractivity contribution in [1.82, 2.24) is 0 Å². The van der Waals surface area contributed by atoms with Crippen molar-refractivity contribution in [2.75, 3.05) is 0 Å². The fourth-order valence-corrected chi connectivity index (χ4v) is 0.817. The maximum Gasteiger partial charge on any atom is 0.131 e. The largest absolute Gasteiger partial charge is 0.512 e. The van der Waals surface area contributed by atoms with Gasteiger partial charge in [-0.05, 0) is 13.3 Å². The van der Waals surface area contributed by atoms with Crippen molar-refractivity contribution < 1.29 is 9.84 Å². The van der Waals surface area contributed by atoms with E-state index in [1.807, 2.05) is 6.92 Å². The summed E-state index contributed by atoms with van der Waals surface area (Å²) in [6, 6.07) is 0. The fraction of sp³-hybridized carbons (Fsp3) is 0.667. The van der Waals surface area contributed by atoms with Gasteiger partial charge in [0.1, 0.15) is 12.0 Å². The Morgan fingerprint density at radius 2 is 2.62 bits per heavy atom. The first-order chi connectivity index (χ1) is 3.83. The topological polar surface area (TPSA) is 29.5 Å². The fourth-order valence-electron chi connectivity index (χ4n) is 0.817. The van der Waals surface area contributed by atoms with Crippen molar-refractivity contribution in [2.24, 2.45) is 0 Å². The van der Waals surface area contributed by atoms with Gasteiger partial charge in [0.2, 0.25) is 0 Å². The number of allylic oxidation sites excluding steroid dienone is 1. The zero-order chi connectivity index (χ0) is 5.98. The van der Waals surface area contributed by atoms with Crippen LogP contribution in [-0.2, 0) is 4.74 Å². The summed E-state index contributed by atoms with van der Waals surface area (Å²) in [7, 11) is 0. The molecular weight excluding hydrogens is 104 g/mol. The molecule has 1 aliphatic rings. The van der Waals surface area contributed by atoms with E-state index in [4.69, 9.17) is 9.84 Å². The molecule has 1 saturated heterocycles. The van der Waals surface area contributed by atoms with Crippen LogP contribution in [0, 0.1) is 0 Å². The monoisotopic (exact) mass is 114 g/mol. The highest BCUT2D eigenvalue weighted by molar-refractivity contribution is 4.92. The van der Waals surface area contributed by atoms with Crippen LogP contribution < -0.4 is 0 Å². The molecule has 0 aromatic rings. The van der Waals surface area contributed by atoms with E-state index in [0.29, 0.717) is 6.10 Å². The first-order valence-electron chi connectivity index (χ1n) is 2.83. The molecule has 2 nitrogen and oxygen atoms in total. The van der Waals surface area contributed by atoms with Crippen molar-refractivity contribution in [2.45, 2.75) is 25.9 Å². The zero-order valence-electron chi connectivity index (χ0n) is 4.92. The molecule has 1 rings (SSSR count). The van der Waals surface area contributed by atoms with Gasteiger partial charge in [-0.1, -0.05) is 0 Å². The third kappa shape index (κ3) is 0.941. The molecule has 0 radical (unpaired) electrons. The summed E-state index contributed by atoms with van der Waals surface area (Å²) in [5.41, 5.74) is 0. The molecule has 1 fully saturated rings. The third-order valence-corrected chi connectivity index (χ3v) is 1.29. The van der Waals surface area contributed by atoms with Crippen LogP contribution in [0.2, 0.25) is 0 Å². The minimum atomic E-state index is 0.299. The van der Waals surface area contributed by atoms with Crippen LogP contribution in [0.3, 0.4) is 0 Å². The third-order valence-electron chi connectivity index (χ3n) is 1.29. The molecule has 2 heteroatoms. The molecule has 0 amide bonds. The Kier molecular flexibility index (Phi) is 1.42. The Bertz CT molecular complexity index is 107. The van der Waals surface area contributed by atoms with Crippen molar-refractivity contribution in [1.29, 1.82) is 0 Å². The van der Waals surface area contributed by atoms with Gasteiger partial charge < -0.3 is 9.84 Å². The van der Waals surface area contributed by atoms with Crippen LogP contribution >= 0.6 is 0 Å². The molecule has 1 N–H and O–H groups in total. The SMILES string of the molecule is CC1CC/C(=C\O)O1. The molecule has 0 aromatic heterocycles. The van der Waals surface area contributed by atoms with Crippen LogP contribution in [0.15, 0.2) is 12.0 Å². The number of hydrogen-bond acceptors (Lipinski definition) is 2. The number of hydrogen-bond donors (Lipinski definition) is 1. The highest BCUT2D eigenvalue weighted by atomic mass is 16.5. The van der Waals surface area contributed by atoms with Gasteiger partial charge >= 0.3 is 0 Å². The van der Waals surface area contributed by atoms with Crippen LogP contribution in [0.1, 0.15) is 19.8 Å². The van der Waals surface area contributed by atoms with Crippen molar-refractivity contribution >= 4 is 0 Å². The van der Waals surface area contributed by atoms with Gasteiger partial charge in [-0.2, -0.15) is 0 Å². The van der Waals surface area contributed by atoms with Crippen LogP contribution in [0.4, 0.5) is 0 Å². The van der Waals surface area contributed by atoms with E-state index in [2.05, 4.69) is 0 Å². The second-order valence-corrected chi connectivity index (χ2v) is 2.06. The lowest BCUT2D eigenvalue weighted by Crippen LogP contribution is -1.94. The van der Waals surface area contributed by atoms with Crippen LogP contribution in [0.25, 0.3) is 0 Å². The van der Waals surface area contributed by atoms with E-state index in [1.54, 1.807) is 0 Å². The summed E-state index contributed by atoms with van der Waals surface area (Å²) in [5.74, 6) is 0.720. The summed E-state index contributed by atoms with van der Waals surface area (Å²) in [6.45, 7) is 2.00. The molecule has 46 valence electrons. The van der Waals surface area contributed by atoms with Gasteiger partial charge in [0.25, 0.3) is 0 Å². The summed E-state index contributed by atoms with van der Waals surface area (Å²) in [6.07, 6.45) is 3.27. The molecule has 0 saturated carbocycles. The lowest BCUT2D eigenvalue weighted by molar-refractivity contribution is 0.170. The molecule has 8 heavy (non-hydrogen) atoms. The molecule has 0 aliphatic carbocycles. The summed E-state index contributed by atoms with van der Waals surface area (Å²) >= 11 is 0. The van der Waals surface area contributed by atoms with Crippen molar-refractivity contribution in [3.63, 3.8) is 0 Å². The quantitative estimate of drug-likeness (QED) is 0.484. The molecule has 1 atom stereocenters. The van der Waals surface area contributed by atoms with E-state index < -0.39 is 0 Å². The minimum Gasteiger partial charge on any atom is -0.512 e. The second kappa shape index (κ2) is 2.07. The molecule has 1 unspecified atom stereocenters. The average Bonchev–Trinajstić information content (AvgIpc) is 2.14. The number of aliphatic hydroxyl groups is 1. The molecule has 0 spiro atoms. The summed E-state index contributed by atoms with van der Waals surface area (Å²) in [5, 5.41) is 8.40. The maximum atomic E-state index is 8.40. The predicted molar refractivity (Wildman–Crippen MR) is 30.5 cm³/mol. The highest BCUT2D eigenvalue weighted by Crippen LogP contribution is 2.21. The van der Waals surface area contributed by atoms with E-state index in [0.717, 1.165) is 24.9 Å². The van der Waals surface area contributed by atoms with E-state index in [-0.39, 0.29) is 0 Å². The molecule has 0 bridgehead atoms. The zero-order valence-corrected chi connectivity index (χ0v) is 4.92. The number of aliphatic hydroxyl groups excluding tert-OH is 1.